The molecular weight excluding hydrogens is 404 g/mol. The van der Waals surface area contributed by atoms with Gasteiger partial charge in [-0.15, -0.1) is 0 Å². The van der Waals surface area contributed by atoms with Crippen LogP contribution in [0.1, 0.15) is 58.0 Å². The fourth-order valence-electron chi connectivity index (χ4n) is 3.10. The lowest BCUT2D eigenvalue weighted by Crippen LogP contribution is -2.15. The van der Waals surface area contributed by atoms with Crippen LogP contribution in [0.2, 0.25) is 5.02 Å². The van der Waals surface area contributed by atoms with E-state index < -0.39 is 11.6 Å². The summed E-state index contributed by atoms with van der Waals surface area (Å²) in [6, 6.07) is 11.8. The van der Waals surface area contributed by atoms with E-state index in [1.165, 1.54) is 19.3 Å². The van der Waals surface area contributed by atoms with E-state index >= 15 is 0 Å². The predicted octanol–water partition coefficient (Wildman–Crippen LogP) is 5.64. The van der Waals surface area contributed by atoms with Gasteiger partial charge in [-0.3, -0.25) is 4.79 Å². The van der Waals surface area contributed by atoms with E-state index in [1.807, 2.05) is 19.9 Å². The van der Waals surface area contributed by atoms with Crippen molar-refractivity contribution in [1.82, 2.24) is 0 Å². The van der Waals surface area contributed by atoms with Crippen LogP contribution < -0.4 is 5.63 Å². The minimum atomic E-state index is -0.755. The van der Waals surface area contributed by atoms with Gasteiger partial charge in [0.05, 0.1) is 7.11 Å². The van der Waals surface area contributed by atoms with Crippen molar-refractivity contribution in [3.8, 4) is 0 Å². The molecule has 6 heteroatoms. The highest BCUT2D eigenvalue weighted by Gasteiger charge is 2.18. The molecule has 0 aliphatic carbocycles. The van der Waals surface area contributed by atoms with E-state index in [2.05, 4.69) is 4.74 Å². The zero-order valence-corrected chi connectivity index (χ0v) is 17.7. The predicted molar refractivity (Wildman–Crippen MR) is 117 cm³/mol. The molecule has 0 radical (unpaired) electrons. The van der Waals surface area contributed by atoms with Crippen molar-refractivity contribution < 1.29 is 18.7 Å². The molecule has 1 heterocycles. The van der Waals surface area contributed by atoms with Crippen LogP contribution >= 0.6 is 11.6 Å². The molecule has 30 heavy (non-hydrogen) atoms. The van der Waals surface area contributed by atoms with Gasteiger partial charge in [0.2, 0.25) is 0 Å². The maximum absolute atomic E-state index is 12.4. The minimum Gasteiger partial charge on any atom is -0.465 e. The van der Waals surface area contributed by atoms with Gasteiger partial charge in [-0.2, -0.15) is 0 Å². The van der Waals surface area contributed by atoms with Crippen molar-refractivity contribution >= 4 is 40.4 Å². The fourth-order valence-corrected chi connectivity index (χ4v) is 3.23. The third-order valence-electron chi connectivity index (χ3n) is 4.99. The second-order valence-electron chi connectivity index (χ2n) is 6.98. The second kappa shape index (κ2) is 9.09. The lowest BCUT2D eigenvalue weighted by atomic mass is 9.93. The third kappa shape index (κ3) is 4.52. The first-order chi connectivity index (χ1) is 14.3. The largest absolute Gasteiger partial charge is 0.465 e. The monoisotopic (exact) mass is 424 g/mol. The van der Waals surface area contributed by atoms with Gasteiger partial charge < -0.3 is 9.15 Å². The molecular formula is C24H21ClO5. The molecule has 0 aliphatic heterocycles. The van der Waals surface area contributed by atoms with Gasteiger partial charge in [0.25, 0.3) is 0 Å². The summed E-state index contributed by atoms with van der Waals surface area (Å²) in [5, 5.41) is 1.15. The molecule has 0 amide bonds. The number of carbonyl (C=O) groups excluding carboxylic acids is 2. The van der Waals surface area contributed by atoms with Crippen molar-refractivity contribution in [3.05, 3.63) is 86.2 Å². The average Bonchev–Trinajstić information content (AvgIpc) is 2.76. The Morgan fingerprint density at radius 3 is 2.50 bits per heavy atom. The average molecular weight is 425 g/mol. The fraction of sp³-hybridized carbons (Fsp3) is 0.208. The first-order valence-electron chi connectivity index (χ1n) is 9.52. The lowest BCUT2D eigenvalue weighted by Gasteiger charge is -2.13. The summed E-state index contributed by atoms with van der Waals surface area (Å²) >= 11 is 5.87. The van der Waals surface area contributed by atoms with Gasteiger partial charge in [-0.1, -0.05) is 31.5 Å². The van der Waals surface area contributed by atoms with Crippen LogP contribution in [-0.4, -0.2) is 18.9 Å². The summed E-state index contributed by atoms with van der Waals surface area (Å²) in [5.41, 5.74) is 1.64. The highest BCUT2D eigenvalue weighted by molar-refractivity contribution is 6.30. The minimum absolute atomic E-state index is 0.111. The number of halogens is 1. The Hall–Kier alpha value is -3.18. The molecule has 3 rings (SSSR count). The summed E-state index contributed by atoms with van der Waals surface area (Å²) in [5.74, 6) is -0.804. The topological polar surface area (TPSA) is 73.6 Å². The molecule has 0 N–H and O–H groups in total. The van der Waals surface area contributed by atoms with E-state index in [9.17, 15) is 14.4 Å². The van der Waals surface area contributed by atoms with Crippen LogP contribution in [0.4, 0.5) is 0 Å². The molecule has 154 valence electrons. The van der Waals surface area contributed by atoms with Crippen molar-refractivity contribution in [1.29, 1.82) is 0 Å². The molecule has 0 spiro atoms. The number of allylic oxidation sites excluding steroid dienone is 1. The van der Waals surface area contributed by atoms with Gasteiger partial charge in [0.1, 0.15) is 11.1 Å². The number of fused-ring (bicyclic) bond motifs is 1. The Labute approximate surface area is 178 Å². The molecule has 0 aliphatic rings. The van der Waals surface area contributed by atoms with Gasteiger partial charge >= 0.3 is 11.6 Å². The number of ketones is 1. The smallest absolute Gasteiger partial charge is 0.351 e. The van der Waals surface area contributed by atoms with E-state index in [0.29, 0.717) is 21.6 Å². The molecule has 0 saturated heterocycles. The summed E-state index contributed by atoms with van der Waals surface area (Å²) in [4.78, 5) is 36.6. The summed E-state index contributed by atoms with van der Waals surface area (Å²) in [7, 11) is 1.21. The second-order valence-corrected chi connectivity index (χ2v) is 7.42. The van der Waals surface area contributed by atoms with Gasteiger partial charge in [0.15, 0.2) is 5.78 Å². The number of ether oxygens (including phenoxy) is 1. The summed E-state index contributed by atoms with van der Waals surface area (Å²) < 4.78 is 10.1. The van der Waals surface area contributed by atoms with E-state index in [-0.39, 0.29) is 17.3 Å². The van der Waals surface area contributed by atoms with Crippen LogP contribution in [0.15, 0.2) is 57.8 Å². The lowest BCUT2D eigenvalue weighted by molar-refractivity contribution is 0.0596. The molecule has 0 saturated carbocycles. The van der Waals surface area contributed by atoms with Gasteiger partial charge in [-0.25, -0.2) is 9.59 Å². The quantitative estimate of drug-likeness (QED) is 0.221. The van der Waals surface area contributed by atoms with Gasteiger partial charge in [0, 0.05) is 16.0 Å². The van der Waals surface area contributed by atoms with Gasteiger partial charge in [-0.05, 0) is 72.0 Å². The van der Waals surface area contributed by atoms with Crippen LogP contribution in [0.3, 0.4) is 0 Å². The van der Waals surface area contributed by atoms with Crippen LogP contribution in [0.5, 0.6) is 0 Å². The number of rotatable bonds is 6. The van der Waals surface area contributed by atoms with Crippen molar-refractivity contribution in [2.24, 2.45) is 0 Å². The molecule has 0 bridgehead atoms. The first-order valence-corrected chi connectivity index (χ1v) is 9.90. The molecule has 1 atom stereocenters. The Kier molecular flexibility index (Phi) is 6.53. The van der Waals surface area contributed by atoms with Crippen LogP contribution in [0.25, 0.3) is 17.0 Å². The maximum atomic E-state index is 12.4. The molecule has 1 unspecified atom stereocenters. The molecule has 2 aromatic carbocycles. The number of hydrogen-bond acceptors (Lipinski definition) is 5. The normalized spacial score (nSPS) is 12.3. The zero-order valence-electron chi connectivity index (χ0n) is 16.9. The number of methoxy groups -OCH3 is 1. The number of esters is 1. The van der Waals surface area contributed by atoms with Crippen LogP contribution in [0, 0.1) is 0 Å². The van der Waals surface area contributed by atoms with E-state index in [0.717, 1.165) is 17.5 Å². The highest BCUT2D eigenvalue weighted by atomic mass is 35.5. The molecule has 5 nitrogen and oxygen atoms in total. The Morgan fingerprint density at radius 1 is 1.17 bits per heavy atom. The van der Waals surface area contributed by atoms with Crippen molar-refractivity contribution in [3.63, 3.8) is 0 Å². The molecule has 1 aromatic heterocycles. The third-order valence-corrected chi connectivity index (χ3v) is 5.24. The Morgan fingerprint density at radius 2 is 1.87 bits per heavy atom. The van der Waals surface area contributed by atoms with Crippen LogP contribution in [-0.2, 0) is 4.74 Å². The SMILES string of the molecule is CCC(C)c1cc(C=CC(=O)c2ccc(Cl)cc2)cc2cc(C(=O)OC)c(=O)oc12. The van der Waals surface area contributed by atoms with Crippen molar-refractivity contribution in [2.75, 3.05) is 7.11 Å². The number of benzene rings is 2. The summed E-state index contributed by atoms with van der Waals surface area (Å²) in [6.45, 7) is 4.05. The summed E-state index contributed by atoms with van der Waals surface area (Å²) in [6.07, 6.45) is 4.00. The maximum Gasteiger partial charge on any atom is 0.351 e. The highest BCUT2D eigenvalue weighted by Crippen LogP contribution is 2.29. The zero-order chi connectivity index (χ0) is 21.8. The van der Waals surface area contributed by atoms with Crippen molar-refractivity contribution in [2.45, 2.75) is 26.2 Å². The van der Waals surface area contributed by atoms with E-state index in [4.69, 9.17) is 16.0 Å². The Bertz CT molecular complexity index is 1190. The Balaban J connectivity index is 2.08. The number of carbonyl (C=O) groups is 2. The standard InChI is InChI=1S/C24H21ClO5/c1-4-14(2)19-12-15(5-10-21(26)16-6-8-18(25)9-7-16)11-17-13-20(23(27)29-3)24(28)30-22(17)19/h5-14H,4H2,1-3H3. The first kappa shape index (κ1) is 21.5. The molecule has 0 fully saturated rings. The molecule has 3 aromatic rings. The number of hydrogen-bond donors (Lipinski definition) is 0. The van der Waals surface area contributed by atoms with E-state index in [1.54, 1.807) is 36.4 Å².